The van der Waals surface area contributed by atoms with E-state index in [-0.39, 0.29) is 0 Å². The Morgan fingerprint density at radius 2 is 1.88 bits per heavy atom. The molecule has 1 unspecified atom stereocenters. The van der Waals surface area contributed by atoms with E-state index in [1.54, 1.807) is 22.6 Å². The van der Waals surface area contributed by atoms with Crippen LogP contribution in [-0.4, -0.2) is 9.01 Å². The highest BCUT2D eigenvalue weighted by Gasteiger charge is 2.29. The molecule has 0 saturated heterocycles. The van der Waals surface area contributed by atoms with Crippen LogP contribution < -0.4 is 0 Å². The lowest BCUT2D eigenvalue weighted by atomic mass is 10.5. The third-order valence-electron chi connectivity index (χ3n) is 0.386. The Hall–Kier alpha value is 1.00. The number of rotatable bonds is 1. The summed E-state index contributed by atoms with van der Waals surface area (Å²) < 4.78 is 33.3. The van der Waals surface area contributed by atoms with Crippen molar-refractivity contribution in [2.75, 3.05) is 0 Å². The molecular formula is C3H3BrF3I. The summed E-state index contributed by atoms with van der Waals surface area (Å²) in [7, 11) is 0. The van der Waals surface area contributed by atoms with Crippen LogP contribution in [0.4, 0.5) is 13.2 Å². The van der Waals surface area contributed by atoms with Crippen LogP contribution in [0.2, 0.25) is 0 Å². The first kappa shape index (κ1) is 9.00. The molecule has 0 nitrogen and oxygen atoms in total. The second kappa shape index (κ2) is 3.24. The summed E-state index contributed by atoms with van der Waals surface area (Å²) in [5.74, 6) is 0. The van der Waals surface area contributed by atoms with Gasteiger partial charge >= 0.3 is 6.18 Å². The lowest BCUT2D eigenvalue weighted by Crippen LogP contribution is -2.10. The molecule has 0 spiro atoms. The standard InChI is InChI=1S/C3H3BrF3I/c4-2(8)1-3(5,6)7/h2H,1H2. The van der Waals surface area contributed by atoms with Gasteiger partial charge in [-0.3, -0.25) is 0 Å². The fourth-order valence-corrected chi connectivity index (χ4v) is 1.04. The molecular weight excluding hydrogens is 300 g/mol. The first-order valence-electron chi connectivity index (χ1n) is 1.77. The SMILES string of the molecule is FC(F)(F)CC(Br)I. The van der Waals surface area contributed by atoms with E-state index in [0.29, 0.717) is 0 Å². The maximum Gasteiger partial charge on any atom is 0.390 e. The minimum atomic E-state index is -4.03. The van der Waals surface area contributed by atoms with Crippen LogP contribution >= 0.6 is 38.5 Å². The van der Waals surface area contributed by atoms with Gasteiger partial charge in [-0.05, 0) is 0 Å². The quantitative estimate of drug-likeness (QED) is 0.516. The number of alkyl halides is 5. The molecule has 0 saturated carbocycles. The van der Waals surface area contributed by atoms with Crippen LogP contribution in [0, 0.1) is 0 Å². The molecule has 0 aliphatic carbocycles. The molecule has 0 heterocycles. The molecule has 0 aromatic heterocycles. The monoisotopic (exact) mass is 302 g/mol. The van der Waals surface area contributed by atoms with Crippen LogP contribution in [0.15, 0.2) is 0 Å². The Balaban J connectivity index is 3.39. The average molecular weight is 303 g/mol. The third kappa shape index (κ3) is 7.00. The van der Waals surface area contributed by atoms with Crippen LogP contribution in [0.25, 0.3) is 0 Å². The van der Waals surface area contributed by atoms with Gasteiger partial charge in [0.2, 0.25) is 0 Å². The summed E-state index contributed by atoms with van der Waals surface area (Å²) in [6, 6.07) is 0. The van der Waals surface area contributed by atoms with E-state index < -0.39 is 15.4 Å². The lowest BCUT2D eigenvalue weighted by molar-refractivity contribution is -0.130. The van der Waals surface area contributed by atoms with Crippen molar-refractivity contribution < 1.29 is 13.2 Å². The predicted octanol–water partition coefficient (Wildman–Crippen LogP) is 3.09. The first-order chi connectivity index (χ1) is 3.42. The highest BCUT2D eigenvalue weighted by atomic mass is 127. The maximum atomic E-state index is 11.3. The van der Waals surface area contributed by atoms with Crippen molar-refractivity contribution in [1.82, 2.24) is 0 Å². The van der Waals surface area contributed by atoms with Crippen molar-refractivity contribution in [3.05, 3.63) is 0 Å². The van der Waals surface area contributed by atoms with Crippen LogP contribution in [0.5, 0.6) is 0 Å². The topological polar surface area (TPSA) is 0 Å². The van der Waals surface area contributed by atoms with Crippen molar-refractivity contribution in [3.63, 3.8) is 0 Å². The largest absolute Gasteiger partial charge is 0.390 e. The van der Waals surface area contributed by atoms with Crippen LogP contribution in [0.3, 0.4) is 0 Å². The van der Waals surface area contributed by atoms with Crippen molar-refractivity contribution in [2.45, 2.75) is 15.4 Å². The summed E-state index contributed by atoms with van der Waals surface area (Å²) in [6.07, 6.45) is -4.80. The molecule has 50 valence electrons. The van der Waals surface area contributed by atoms with Gasteiger partial charge in [-0.1, -0.05) is 38.5 Å². The van der Waals surface area contributed by atoms with E-state index in [1.807, 2.05) is 0 Å². The summed E-state index contributed by atoms with van der Waals surface area (Å²) in [6.45, 7) is 0. The molecule has 0 aromatic rings. The Morgan fingerprint density at radius 3 is 1.88 bits per heavy atom. The Morgan fingerprint density at radius 1 is 1.50 bits per heavy atom. The zero-order valence-corrected chi connectivity index (χ0v) is 7.42. The van der Waals surface area contributed by atoms with Crippen molar-refractivity contribution in [1.29, 1.82) is 0 Å². The van der Waals surface area contributed by atoms with Crippen molar-refractivity contribution in [2.24, 2.45) is 0 Å². The van der Waals surface area contributed by atoms with E-state index >= 15 is 0 Å². The van der Waals surface area contributed by atoms with Gasteiger partial charge < -0.3 is 0 Å². The zero-order valence-electron chi connectivity index (χ0n) is 3.67. The zero-order chi connectivity index (χ0) is 6.78. The van der Waals surface area contributed by atoms with Crippen molar-refractivity contribution in [3.8, 4) is 0 Å². The molecule has 0 N–H and O–H groups in total. The molecule has 0 rings (SSSR count). The Labute approximate surface area is 67.1 Å². The van der Waals surface area contributed by atoms with Gasteiger partial charge in [0, 0.05) is 0 Å². The second-order valence-corrected chi connectivity index (χ2v) is 5.53. The van der Waals surface area contributed by atoms with E-state index in [4.69, 9.17) is 0 Å². The molecule has 0 aliphatic rings. The molecule has 0 bridgehead atoms. The minimum Gasteiger partial charge on any atom is -0.171 e. The minimum absolute atomic E-state index is 0.500. The summed E-state index contributed by atoms with van der Waals surface area (Å²) in [4.78, 5) is 0. The first-order valence-corrected chi connectivity index (χ1v) is 3.93. The van der Waals surface area contributed by atoms with E-state index in [9.17, 15) is 13.2 Å². The maximum absolute atomic E-state index is 11.3. The normalized spacial score (nSPS) is 16.1. The van der Waals surface area contributed by atoms with Gasteiger partial charge in [-0.15, -0.1) is 0 Å². The van der Waals surface area contributed by atoms with E-state index in [2.05, 4.69) is 15.9 Å². The van der Waals surface area contributed by atoms with Gasteiger partial charge in [-0.25, -0.2) is 0 Å². The van der Waals surface area contributed by atoms with Crippen LogP contribution in [-0.2, 0) is 0 Å². The molecule has 0 aliphatic heterocycles. The second-order valence-electron chi connectivity index (χ2n) is 1.21. The highest BCUT2D eigenvalue weighted by molar-refractivity contribution is 14.1. The molecule has 0 amide bonds. The highest BCUT2D eigenvalue weighted by Crippen LogP contribution is 2.27. The van der Waals surface area contributed by atoms with Gasteiger partial charge in [-0.2, -0.15) is 13.2 Å². The van der Waals surface area contributed by atoms with Gasteiger partial charge in [0.25, 0.3) is 0 Å². The fraction of sp³-hybridized carbons (Fsp3) is 1.00. The summed E-state index contributed by atoms with van der Waals surface area (Å²) >= 11 is 4.44. The molecule has 8 heavy (non-hydrogen) atoms. The predicted molar refractivity (Wildman–Crippen MR) is 37.4 cm³/mol. The Bertz CT molecular complexity index is 69.4. The lowest BCUT2D eigenvalue weighted by Gasteiger charge is -2.04. The smallest absolute Gasteiger partial charge is 0.171 e. The number of hydrogen-bond donors (Lipinski definition) is 0. The van der Waals surface area contributed by atoms with Gasteiger partial charge in [0.15, 0.2) is 0 Å². The van der Waals surface area contributed by atoms with E-state index in [0.717, 1.165) is 0 Å². The fourth-order valence-electron chi connectivity index (χ4n) is 0.175. The van der Waals surface area contributed by atoms with E-state index in [1.165, 1.54) is 0 Å². The molecule has 1 atom stereocenters. The molecule has 0 fully saturated rings. The molecule has 0 radical (unpaired) electrons. The van der Waals surface area contributed by atoms with Gasteiger partial charge in [0.05, 0.1) is 9.25 Å². The molecule has 0 aromatic carbocycles. The Kier molecular flexibility index (Phi) is 3.64. The van der Waals surface area contributed by atoms with Crippen LogP contribution in [0.1, 0.15) is 6.42 Å². The number of hydrogen-bond acceptors (Lipinski definition) is 0. The summed E-state index contributed by atoms with van der Waals surface area (Å²) in [5.41, 5.74) is 0. The van der Waals surface area contributed by atoms with Crippen molar-refractivity contribution >= 4 is 38.5 Å². The number of halogens is 5. The van der Waals surface area contributed by atoms with Gasteiger partial charge in [0.1, 0.15) is 0 Å². The molecule has 5 heteroatoms. The summed E-state index contributed by atoms with van der Waals surface area (Å²) in [5, 5.41) is 0. The average Bonchev–Trinajstić information content (AvgIpc) is 1.21. The third-order valence-corrected chi connectivity index (χ3v) is 1.15.